The predicted molar refractivity (Wildman–Crippen MR) is 88.7 cm³/mol. The maximum atomic E-state index is 9.26. The molecule has 2 aromatic rings. The summed E-state index contributed by atoms with van der Waals surface area (Å²) in [5.74, 6) is 0.980. The molecule has 2 rings (SSSR count). The summed E-state index contributed by atoms with van der Waals surface area (Å²) >= 11 is 0. The van der Waals surface area contributed by atoms with Crippen LogP contribution in [0.2, 0.25) is 0 Å². The first kappa shape index (κ1) is 15.7. The number of para-hydroxylation sites is 1. The molecule has 0 amide bonds. The average Bonchev–Trinajstić information content (AvgIpc) is 2.52. The minimum Gasteiger partial charge on any atom is -0.395 e. The molecule has 0 bridgehead atoms. The highest BCUT2D eigenvalue weighted by Gasteiger charge is 2.12. The predicted octanol–water partition coefficient (Wildman–Crippen LogP) is 2.55. The smallest absolute Gasteiger partial charge is 0.133 e. The van der Waals surface area contributed by atoms with Crippen molar-refractivity contribution < 1.29 is 5.11 Å². The van der Waals surface area contributed by atoms with E-state index in [9.17, 15) is 5.11 Å². The highest BCUT2D eigenvalue weighted by atomic mass is 16.3. The topological polar surface area (TPSA) is 48.4 Å². The molecule has 0 aliphatic heterocycles. The normalized spacial score (nSPS) is 11.0. The van der Waals surface area contributed by atoms with Crippen LogP contribution in [-0.4, -0.2) is 36.3 Å². The molecule has 1 heterocycles. The highest BCUT2D eigenvalue weighted by Crippen LogP contribution is 2.23. The van der Waals surface area contributed by atoms with E-state index in [0.717, 1.165) is 42.8 Å². The third-order valence-corrected chi connectivity index (χ3v) is 3.57. The third-order valence-electron chi connectivity index (χ3n) is 3.57. The lowest BCUT2D eigenvalue weighted by Crippen LogP contribution is -2.29. The van der Waals surface area contributed by atoms with Gasteiger partial charge in [0.15, 0.2) is 0 Å². The number of hydrogen-bond donors (Lipinski definition) is 2. The lowest BCUT2D eigenvalue weighted by molar-refractivity contribution is 0.302. The molecule has 4 nitrogen and oxygen atoms in total. The minimum atomic E-state index is 0.143. The van der Waals surface area contributed by atoms with Gasteiger partial charge in [0.2, 0.25) is 0 Å². The molecule has 0 spiro atoms. The number of aliphatic hydroxyl groups excluding tert-OH is 1. The second-order valence-electron chi connectivity index (χ2n) is 5.14. The largest absolute Gasteiger partial charge is 0.395 e. The molecule has 21 heavy (non-hydrogen) atoms. The van der Waals surface area contributed by atoms with E-state index in [-0.39, 0.29) is 6.61 Å². The minimum absolute atomic E-state index is 0.143. The van der Waals surface area contributed by atoms with Crippen LogP contribution in [0.1, 0.15) is 25.8 Å². The first-order valence-corrected chi connectivity index (χ1v) is 7.75. The molecule has 2 N–H and O–H groups in total. The molecule has 114 valence electrons. The van der Waals surface area contributed by atoms with Crippen LogP contribution in [0.5, 0.6) is 0 Å². The van der Waals surface area contributed by atoms with E-state index in [1.807, 2.05) is 18.2 Å². The fraction of sp³-hybridized carbons (Fsp3) is 0.471. The standard InChI is InChI=1S/C17H25N3O/c1-3-9-18-13-15-12-14-7-5-6-8-16(14)19-17(15)20(4-2)10-11-21/h5-8,12,18,21H,3-4,9-11,13H2,1-2H3. The summed E-state index contributed by atoms with van der Waals surface area (Å²) in [6.07, 6.45) is 1.12. The summed E-state index contributed by atoms with van der Waals surface area (Å²) in [7, 11) is 0. The fourth-order valence-electron chi connectivity index (χ4n) is 2.49. The molecule has 1 aromatic carbocycles. The van der Waals surface area contributed by atoms with Gasteiger partial charge in [-0.25, -0.2) is 4.98 Å². The number of anilines is 1. The Morgan fingerprint density at radius 2 is 2.05 bits per heavy atom. The second-order valence-corrected chi connectivity index (χ2v) is 5.14. The van der Waals surface area contributed by atoms with Gasteiger partial charge in [0.1, 0.15) is 5.82 Å². The van der Waals surface area contributed by atoms with Crippen molar-refractivity contribution in [1.82, 2.24) is 10.3 Å². The summed E-state index contributed by atoms with van der Waals surface area (Å²) < 4.78 is 0. The fourth-order valence-corrected chi connectivity index (χ4v) is 2.49. The Hall–Kier alpha value is -1.65. The van der Waals surface area contributed by atoms with Crippen LogP contribution in [0.4, 0.5) is 5.82 Å². The molecule has 4 heteroatoms. The van der Waals surface area contributed by atoms with E-state index in [4.69, 9.17) is 4.98 Å². The van der Waals surface area contributed by atoms with Gasteiger partial charge in [-0.05, 0) is 32.0 Å². The molecule has 0 atom stereocenters. The molecule has 0 saturated heterocycles. The number of aliphatic hydroxyl groups is 1. The van der Waals surface area contributed by atoms with E-state index in [1.165, 1.54) is 5.56 Å². The van der Waals surface area contributed by atoms with Crippen molar-refractivity contribution >= 4 is 16.7 Å². The van der Waals surface area contributed by atoms with E-state index in [0.29, 0.717) is 6.54 Å². The van der Waals surface area contributed by atoms with Crippen LogP contribution in [0.25, 0.3) is 10.9 Å². The lowest BCUT2D eigenvalue weighted by atomic mass is 10.1. The zero-order valence-corrected chi connectivity index (χ0v) is 13.0. The van der Waals surface area contributed by atoms with Crippen molar-refractivity contribution in [2.75, 3.05) is 31.1 Å². The van der Waals surface area contributed by atoms with Crippen LogP contribution in [0.3, 0.4) is 0 Å². The van der Waals surface area contributed by atoms with Crippen molar-refractivity contribution in [1.29, 1.82) is 0 Å². The van der Waals surface area contributed by atoms with Crippen LogP contribution >= 0.6 is 0 Å². The van der Waals surface area contributed by atoms with Crippen molar-refractivity contribution in [3.05, 3.63) is 35.9 Å². The third kappa shape index (κ3) is 3.93. The van der Waals surface area contributed by atoms with Gasteiger partial charge < -0.3 is 15.3 Å². The molecule has 0 saturated carbocycles. The van der Waals surface area contributed by atoms with E-state index in [1.54, 1.807) is 0 Å². The number of hydrogen-bond acceptors (Lipinski definition) is 4. The Labute approximate surface area is 126 Å². The molecule has 0 fully saturated rings. The summed E-state index contributed by atoms with van der Waals surface area (Å²) in [5, 5.41) is 13.9. The Morgan fingerprint density at radius 3 is 2.76 bits per heavy atom. The summed E-state index contributed by atoms with van der Waals surface area (Å²) in [5.41, 5.74) is 2.19. The first-order chi connectivity index (χ1) is 10.3. The number of pyridine rings is 1. The Balaban J connectivity index is 2.39. The average molecular weight is 287 g/mol. The molecular weight excluding hydrogens is 262 g/mol. The molecule has 1 aromatic heterocycles. The van der Waals surface area contributed by atoms with Crippen LogP contribution < -0.4 is 10.2 Å². The highest BCUT2D eigenvalue weighted by molar-refractivity contribution is 5.81. The Bertz CT molecular complexity index is 571. The van der Waals surface area contributed by atoms with Crippen LogP contribution in [0, 0.1) is 0 Å². The van der Waals surface area contributed by atoms with Crippen molar-refractivity contribution in [2.24, 2.45) is 0 Å². The SMILES string of the molecule is CCCNCc1cc2ccccc2nc1N(CC)CCO. The molecule has 0 aliphatic carbocycles. The maximum absolute atomic E-state index is 9.26. The zero-order chi connectivity index (χ0) is 15.1. The number of benzene rings is 1. The number of aromatic nitrogens is 1. The van der Waals surface area contributed by atoms with E-state index >= 15 is 0 Å². The molecular formula is C17H25N3O. The van der Waals surface area contributed by atoms with Gasteiger partial charge in [-0.2, -0.15) is 0 Å². The summed E-state index contributed by atoms with van der Waals surface area (Å²) in [6.45, 7) is 7.66. The maximum Gasteiger partial charge on any atom is 0.133 e. The van der Waals surface area contributed by atoms with Gasteiger partial charge in [-0.3, -0.25) is 0 Å². The monoisotopic (exact) mass is 287 g/mol. The number of rotatable bonds is 8. The van der Waals surface area contributed by atoms with Crippen molar-refractivity contribution in [3.63, 3.8) is 0 Å². The van der Waals surface area contributed by atoms with Crippen LogP contribution in [0.15, 0.2) is 30.3 Å². The molecule has 0 unspecified atom stereocenters. The number of likely N-dealkylation sites (N-methyl/N-ethyl adjacent to an activating group) is 1. The van der Waals surface area contributed by atoms with Gasteiger partial charge in [0.05, 0.1) is 12.1 Å². The number of fused-ring (bicyclic) bond motifs is 1. The first-order valence-electron chi connectivity index (χ1n) is 7.75. The molecule has 0 radical (unpaired) electrons. The summed E-state index contributed by atoms with van der Waals surface area (Å²) in [6, 6.07) is 10.4. The second kappa shape index (κ2) is 7.96. The van der Waals surface area contributed by atoms with Gasteiger partial charge in [0.25, 0.3) is 0 Å². The quantitative estimate of drug-likeness (QED) is 0.733. The summed E-state index contributed by atoms with van der Waals surface area (Å²) in [4.78, 5) is 6.95. The van der Waals surface area contributed by atoms with Gasteiger partial charge >= 0.3 is 0 Å². The van der Waals surface area contributed by atoms with Crippen LogP contribution in [-0.2, 0) is 6.54 Å². The van der Waals surface area contributed by atoms with Crippen molar-refractivity contribution in [2.45, 2.75) is 26.8 Å². The van der Waals surface area contributed by atoms with Gasteiger partial charge in [0, 0.05) is 30.6 Å². The zero-order valence-electron chi connectivity index (χ0n) is 13.0. The number of nitrogens with one attached hydrogen (secondary N) is 1. The lowest BCUT2D eigenvalue weighted by Gasteiger charge is -2.24. The van der Waals surface area contributed by atoms with E-state index in [2.05, 4.69) is 36.2 Å². The Kier molecular flexibility index (Phi) is 5.96. The number of nitrogens with zero attached hydrogens (tertiary/aromatic N) is 2. The molecule has 0 aliphatic rings. The van der Waals surface area contributed by atoms with Crippen molar-refractivity contribution in [3.8, 4) is 0 Å². The van der Waals surface area contributed by atoms with Gasteiger partial charge in [-0.1, -0.05) is 25.1 Å². The van der Waals surface area contributed by atoms with E-state index < -0.39 is 0 Å². The Morgan fingerprint density at radius 1 is 1.24 bits per heavy atom. The van der Waals surface area contributed by atoms with Gasteiger partial charge in [-0.15, -0.1) is 0 Å².